The Morgan fingerprint density at radius 2 is 2.17 bits per heavy atom. The summed E-state index contributed by atoms with van der Waals surface area (Å²) in [4.78, 5) is 17.6. The molecule has 18 heavy (non-hydrogen) atoms. The minimum atomic E-state index is 0.00659. The maximum absolute atomic E-state index is 12.1. The topological polar surface area (TPSA) is 56.0 Å². The average molecular weight is 281 g/mol. The number of aromatic nitrogens is 1. The Hall–Kier alpha value is -1.39. The zero-order chi connectivity index (χ0) is 13.3. The molecule has 0 radical (unpaired) electrons. The Morgan fingerprint density at radius 3 is 2.72 bits per heavy atom. The van der Waals surface area contributed by atoms with Crippen LogP contribution in [0.3, 0.4) is 0 Å². The fourth-order valence-electron chi connectivity index (χ4n) is 1.57. The molecule has 0 unspecified atom stereocenters. The van der Waals surface area contributed by atoms with E-state index < -0.39 is 0 Å². The van der Waals surface area contributed by atoms with Gasteiger partial charge in [0, 0.05) is 10.4 Å². The van der Waals surface area contributed by atoms with E-state index in [4.69, 9.17) is 17.3 Å². The Labute approximate surface area is 115 Å². The minimum Gasteiger partial charge on any atom is -0.398 e. The molecule has 0 atom stereocenters. The van der Waals surface area contributed by atoms with Crippen molar-refractivity contribution in [3.05, 3.63) is 44.4 Å². The van der Waals surface area contributed by atoms with E-state index in [1.54, 1.807) is 29.5 Å². The van der Waals surface area contributed by atoms with Crippen LogP contribution < -0.4 is 5.73 Å². The van der Waals surface area contributed by atoms with Crippen molar-refractivity contribution < 1.29 is 4.79 Å². The number of hydrogen-bond acceptors (Lipinski definition) is 4. The van der Waals surface area contributed by atoms with Gasteiger partial charge in [0.1, 0.15) is 5.01 Å². The number of nitrogen functional groups attached to an aromatic ring is 1. The van der Waals surface area contributed by atoms with Gasteiger partial charge in [0.15, 0.2) is 5.78 Å². The molecule has 0 saturated heterocycles. The normalized spacial score (nSPS) is 10.6. The van der Waals surface area contributed by atoms with Gasteiger partial charge >= 0.3 is 0 Å². The van der Waals surface area contributed by atoms with Gasteiger partial charge < -0.3 is 5.73 Å². The number of benzene rings is 1. The van der Waals surface area contributed by atoms with Gasteiger partial charge in [0.25, 0.3) is 0 Å². The molecule has 0 spiro atoms. The van der Waals surface area contributed by atoms with E-state index in [0.717, 1.165) is 15.6 Å². The highest BCUT2D eigenvalue weighted by Crippen LogP contribution is 2.22. The number of carbonyl (C=O) groups is 1. The third-order valence-electron chi connectivity index (χ3n) is 2.70. The second kappa shape index (κ2) is 5.08. The molecule has 0 saturated carbocycles. The van der Waals surface area contributed by atoms with Crippen LogP contribution in [0.1, 0.15) is 25.9 Å². The molecule has 1 heterocycles. The molecule has 94 valence electrons. The predicted molar refractivity (Wildman–Crippen MR) is 75.5 cm³/mol. The third kappa shape index (κ3) is 2.71. The Balaban J connectivity index is 2.19. The van der Waals surface area contributed by atoms with E-state index in [1.165, 1.54) is 0 Å². The van der Waals surface area contributed by atoms with E-state index >= 15 is 0 Å². The van der Waals surface area contributed by atoms with Gasteiger partial charge in [-0.25, -0.2) is 4.98 Å². The van der Waals surface area contributed by atoms with Crippen molar-refractivity contribution in [3.8, 4) is 0 Å². The van der Waals surface area contributed by atoms with Crippen molar-refractivity contribution >= 4 is 34.4 Å². The number of aryl methyl sites for hydroxylation is 2. The summed E-state index contributed by atoms with van der Waals surface area (Å²) in [5.41, 5.74) is 7.66. The summed E-state index contributed by atoms with van der Waals surface area (Å²) >= 11 is 7.38. The first-order valence-electron chi connectivity index (χ1n) is 5.48. The third-order valence-corrected chi connectivity index (χ3v) is 4.12. The molecule has 1 aromatic carbocycles. The molecule has 0 aliphatic heterocycles. The molecule has 2 aromatic rings. The highest BCUT2D eigenvalue weighted by Gasteiger charge is 2.12. The largest absolute Gasteiger partial charge is 0.398 e. The number of Topliss-reactive ketones (excluding diaryl/α,β-unsaturated/α-hetero) is 1. The number of rotatable bonds is 3. The zero-order valence-corrected chi connectivity index (χ0v) is 11.7. The van der Waals surface area contributed by atoms with Crippen LogP contribution in [-0.4, -0.2) is 10.8 Å². The molecule has 0 aliphatic carbocycles. The second-order valence-electron chi connectivity index (χ2n) is 4.09. The van der Waals surface area contributed by atoms with E-state index in [2.05, 4.69) is 4.98 Å². The molecule has 0 bridgehead atoms. The fourth-order valence-corrected chi connectivity index (χ4v) is 2.62. The van der Waals surface area contributed by atoms with Crippen LogP contribution in [-0.2, 0) is 6.42 Å². The first-order valence-corrected chi connectivity index (χ1v) is 6.68. The van der Waals surface area contributed by atoms with Crippen molar-refractivity contribution in [2.75, 3.05) is 5.73 Å². The summed E-state index contributed by atoms with van der Waals surface area (Å²) in [6, 6.07) is 4.94. The number of anilines is 1. The number of carbonyl (C=O) groups excluding carboxylic acids is 1. The lowest BCUT2D eigenvalue weighted by molar-refractivity contribution is 0.0993. The van der Waals surface area contributed by atoms with E-state index in [9.17, 15) is 4.79 Å². The Morgan fingerprint density at radius 1 is 1.44 bits per heavy atom. The summed E-state index contributed by atoms with van der Waals surface area (Å²) in [6.07, 6.45) is 0.306. The number of nitrogens with two attached hydrogens (primary N) is 1. The highest BCUT2D eigenvalue weighted by atomic mass is 35.5. The first kappa shape index (κ1) is 13.1. The van der Waals surface area contributed by atoms with Crippen LogP contribution in [0, 0.1) is 13.8 Å². The van der Waals surface area contributed by atoms with Gasteiger partial charge in [0.05, 0.1) is 22.8 Å². The van der Waals surface area contributed by atoms with E-state index in [0.29, 0.717) is 22.7 Å². The van der Waals surface area contributed by atoms with Crippen molar-refractivity contribution in [1.82, 2.24) is 4.98 Å². The van der Waals surface area contributed by atoms with Crippen LogP contribution >= 0.6 is 22.9 Å². The maximum Gasteiger partial charge on any atom is 0.169 e. The number of hydrogen-bond donors (Lipinski definition) is 1. The zero-order valence-electron chi connectivity index (χ0n) is 10.2. The van der Waals surface area contributed by atoms with Crippen molar-refractivity contribution in [3.63, 3.8) is 0 Å². The SMILES string of the molecule is Cc1nc(CC(=O)c2ccc(Cl)c(N)c2)sc1C. The lowest BCUT2D eigenvalue weighted by Crippen LogP contribution is -2.04. The Bertz CT molecular complexity index is 588. The lowest BCUT2D eigenvalue weighted by atomic mass is 10.1. The number of halogens is 1. The van der Waals surface area contributed by atoms with Crippen LogP contribution in [0.15, 0.2) is 18.2 Å². The molecular formula is C13H13ClN2OS. The molecule has 2 rings (SSSR count). The summed E-state index contributed by atoms with van der Waals surface area (Å²) in [5.74, 6) is 0.00659. The van der Waals surface area contributed by atoms with Crippen LogP contribution in [0.5, 0.6) is 0 Å². The summed E-state index contributed by atoms with van der Waals surface area (Å²) in [5, 5.41) is 1.30. The predicted octanol–water partition coefficient (Wildman–Crippen LogP) is 3.42. The number of ketones is 1. The Kier molecular flexibility index (Phi) is 3.68. The van der Waals surface area contributed by atoms with Crippen LogP contribution in [0.2, 0.25) is 5.02 Å². The standard InChI is InChI=1S/C13H13ClN2OS/c1-7-8(2)18-13(16-7)6-12(17)9-3-4-10(14)11(15)5-9/h3-5H,6,15H2,1-2H3. The van der Waals surface area contributed by atoms with Crippen LogP contribution in [0.4, 0.5) is 5.69 Å². The molecule has 0 fully saturated rings. The van der Waals surface area contributed by atoms with Crippen molar-refractivity contribution in [2.45, 2.75) is 20.3 Å². The van der Waals surface area contributed by atoms with Gasteiger partial charge in [-0.3, -0.25) is 4.79 Å². The van der Waals surface area contributed by atoms with Crippen molar-refractivity contribution in [1.29, 1.82) is 0 Å². The van der Waals surface area contributed by atoms with Gasteiger partial charge in [-0.2, -0.15) is 0 Å². The second-order valence-corrected chi connectivity index (χ2v) is 5.78. The van der Waals surface area contributed by atoms with Gasteiger partial charge in [-0.15, -0.1) is 11.3 Å². The highest BCUT2D eigenvalue weighted by molar-refractivity contribution is 7.11. The number of nitrogens with zero attached hydrogens (tertiary/aromatic N) is 1. The van der Waals surface area contributed by atoms with Crippen molar-refractivity contribution in [2.24, 2.45) is 0 Å². The molecular weight excluding hydrogens is 268 g/mol. The van der Waals surface area contributed by atoms with Crippen LogP contribution in [0.25, 0.3) is 0 Å². The minimum absolute atomic E-state index is 0.00659. The maximum atomic E-state index is 12.1. The summed E-state index contributed by atoms with van der Waals surface area (Å²) in [7, 11) is 0. The summed E-state index contributed by atoms with van der Waals surface area (Å²) < 4.78 is 0. The van der Waals surface area contributed by atoms with E-state index in [1.807, 2.05) is 13.8 Å². The smallest absolute Gasteiger partial charge is 0.169 e. The molecule has 1 aromatic heterocycles. The number of thiazole rings is 1. The summed E-state index contributed by atoms with van der Waals surface area (Å²) in [6.45, 7) is 3.95. The molecule has 5 heteroatoms. The van der Waals surface area contributed by atoms with Gasteiger partial charge in [-0.1, -0.05) is 11.6 Å². The quantitative estimate of drug-likeness (QED) is 0.692. The average Bonchev–Trinajstić information content (AvgIpc) is 2.61. The first-order chi connectivity index (χ1) is 8.47. The molecule has 0 amide bonds. The fraction of sp³-hybridized carbons (Fsp3) is 0.231. The van der Waals surface area contributed by atoms with Gasteiger partial charge in [-0.05, 0) is 32.0 Å². The monoisotopic (exact) mass is 280 g/mol. The lowest BCUT2D eigenvalue weighted by Gasteiger charge is -2.02. The molecule has 0 aliphatic rings. The molecule has 2 N–H and O–H groups in total. The molecule has 3 nitrogen and oxygen atoms in total. The van der Waals surface area contributed by atoms with Gasteiger partial charge in [0.2, 0.25) is 0 Å². The van der Waals surface area contributed by atoms with E-state index in [-0.39, 0.29) is 5.78 Å².